The van der Waals surface area contributed by atoms with Gasteiger partial charge in [-0.2, -0.15) is 0 Å². The Morgan fingerprint density at radius 1 is 1.00 bits per heavy atom. The number of halogens is 1. The number of benzene rings is 1. The second-order valence-corrected chi connectivity index (χ2v) is 7.48. The Morgan fingerprint density at radius 2 is 1.87 bits per heavy atom. The number of pyridine rings is 2. The van der Waals surface area contributed by atoms with Gasteiger partial charge in [-0.05, 0) is 42.5 Å². The van der Waals surface area contributed by atoms with Crippen molar-refractivity contribution in [1.29, 1.82) is 0 Å². The predicted molar refractivity (Wildman–Crippen MR) is 118 cm³/mol. The molecule has 0 spiro atoms. The van der Waals surface area contributed by atoms with Gasteiger partial charge >= 0.3 is 0 Å². The zero-order chi connectivity index (χ0) is 21.2. The molecule has 0 atom stereocenters. The summed E-state index contributed by atoms with van der Waals surface area (Å²) in [5.74, 6) is -0.315. The normalized spacial score (nSPS) is 14.0. The Morgan fingerprint density at radius 3 is 2.68 bits per heavy atom. The number of carbonyl (C=O) groups excluding carboxylic acids is 1. The lowest BCUT2D eigenvalue weighted by atomic mass is 10.2. The summed E-state index contributed by atoms with van der Waals surface area (Å²) in [6.07, 6.45) is 5.11. The molecule has 4 aromatic rings. The van der Waals surface area contributed by atoms with E-state index in [9.17, 15) is 9.18 Å². The average Bonchev–Trinajstić information content (AvgIpc) is 3.23. The number of amides is 1. The largest absolute Gasteiger partial charge is 0.354 e. The minimum atomic E-state index is -0.266. The van der Waals surface area contributed by atoms with Crippen LogP contribution in [0.1, 0.15) is 10.5 Å². The molecule has 3 N–H and O–H groups in total. The average molecular weight is 416 g/mol. The maximum Gasteiger partial charge on any atom is 0.272 e. The number of carbonyl (C=O) groups is 1. The molecule has 0 saturated carbocycles. The molecule has 0 aliphatic carbocycles. The highest BCUT2D eigenvalue weighted by molar-refractivity contribution is 5.92. The van der Waals surface area contributed by atoms with Crippen molar-refractivity contribution < 1.29 is 9.18 Å². The van der Waals surface area contributed by atoms with E-state index in [4.69, 9.17) is 0 Å². The van der Waals surface area contributed by atoms with E-state index in [1.54, 1.807) is 30.7 Å². The zero-order valence-electron chi connectivity index (χ0n) is 16.7. The lowest BCUT2D eigenvalue weighted by Gasteiger charge is -2.27. The van der Waals surface area contributed by atoms with Gasteiger partial charge in [0.05, 0.1) is 23.8 Å². The highest BCUT2D eigenvalue weighted by atomic mass is 19.1. The molecule has 3 aromatic heterocycles. The Hall–Kier alpha value is -3.78. The first-order valence-corrected chi connectivity index (χ1v) is 10.1. The van der Waals surface area contributed by atoms with Gasteiger partial charge in [0.2, 0.25) is 0 Å². The van der Waals surface area contributed by atoms with E-state index in [1.807, 2.05) is 23.1 Å². The zero-order valence-corrected chi connectivity index (χ0v) is 16.7. The Bertz CT molecular complexity index is 1230. The number of nitrogens with one attached hydrogen (secondary N) is 3. The van der Waals surface area contributed by atoms with Crippen LogP contribution in [0.5, 0.6) is 0 Å². The highest BCUT2D eigenvalue weighted by Gasteiger charge is 2.18. The van der Waals surface area contributed by atoms with Crippen LogP contribution >= 0.6 is 0 Å². The van der Waals surface area contributed by atoms with Gasteiger partial charge in [0.25, 0.3) is 5.91 Å². The van der Waals surface area contributed by atoms with Crippen molar-refractivity contribution in [3.63, 3.8) is 0 Å². The number of rotatable bonds is 4. The molecule has 0 bridgehead atoms. The second kappa shape index (κ2) is 8.16. The van der Waals surface area contributed by atoms with Gasteiger partial charge in [-0.15, -0.1) is 0 Å². The van der Waals surface area contributed by atoms with Crippen LogP contribution in [0.2, 0.25) is 0 Å². The van der Waals surface area contributed by atoms with E-state index in [1.165, 1.54) is 12.1 Å². The van der Waals surface area contributed by atoms with Crippen molar-refractivity contribution in [3.05, 3.63) is 72.6 Å². The van der Waals surface area contributed by atoms with Gasteiger partial charge in [0, 0.05) is 54.5 Å². The van der Waals surface area contributed by atoms with Crippen LogP contribution in [0, 0.1) is 5.82 Å². The van der Waals surface area contributed by atoms with Crippen LogP contribution in [0.15, 0.2) is 61.1 Å². The predicted octanol–water partition coefficient (Wildman–Crippen LogP) is 3.55. The number of fused-ring (bicyclic) bond motifs is 1. The van der Waals surface area contributed by atoms with E-state index in [-0.39, 0.29) is 11.7 Å². The second-order valence-electron chi connectivity index (χ2n) is 7.48. The number of aromatic nitrogens is 3. The lowest BCUT2D eigenvalue weighted by Crippen LogP contribution is -2.46. The quantitative estimate of drug-likeness (QED) is 0.474. The van der Waals surface area contributed by atoms with Gasteiger partial charge in [0.1, 0.15) is 11.5 Å². The van der Waals surface area contributed by atoms with Crippen LogP contribution in [0.4, 0.5) is 15.8 Å². The highest BCUT2D eigenvalue weighted by Crippen LogP contribution is 2.27. The first kappa shape index (κ1) is 19.2. The molecule has 1 amide bonds. The minimum Gasteiger partial charge on any atom is -0.354 e. The minimum absolute atomic E-state index is 0.0491. The summed E-state index contributed by atoms with van der Waals surface area (Å²) in [7, 11) is 0. The molecule has 1 aliphatic rings. The maximum atomic E-state index is 13.5. The van der Waals surface area contributed by atoms with E-state index < -0.39 is 0 Å². The first-order chi connectivity index (χ1) is 15.2. The number of hydrogen-bond donors (Lipinski definition) is 3. The number of hydrogen-bond acceptors (Lipinski definition) is 5. The topological polar surface area (TPSA) is 85.9 Å². The van der Waals surface area contributed by atoms with Crippen molar-refractivity contribution in [2.75, 3.05) is 31.5 Å². The smallest absolute Gasteiger partial charge is 0.272 e. The van der Waals surface area contributed by atoms with E-state index in [2.05, 4.69) is 25.6 Å². The third kappa shape index (κ3) is 4.10. The molecule has 7 nitrogen and oxygen atoms in total. The van der Waals surface area contributed by atoms with Crippen molar-refractivity contribution in [2.24, 2.45) is 0 Å². The number of piperazine rings is 1. The van der Waals surface area contributed by atoms with Crippen LogP contribution < -0.4 is 10.6 Å². The van der Waals surface area contributed by atoms with Crippen LogP contribution in [-0.4, -0.2) is 51.9 Å². The molecule has 8 heteroatoms. The molecular weight excluding hydrogens is 395 g/mol. The summed E-state index contributed by atoms with van der Waals surface area (Å²) >= 11 is 0. The third-order valence-corrected chi connectivity index (χ3v) is 5.31. The summed E-state index contributed by atoms with van der Waals surface area (Å²) in [5.41, 5.74) is 4.57. The molecule has 5 rings (SSSR count). The molecule has 1 saturated heterocycles. The molecule has 0 unspecified atom stereocenters. The lowest BCUT2D eigenvalue weighted by molar-refractivity contribution is 0.0730. The van der Waals surface area contributed by atoms with Crippen molar-refractivity contribution in [3.8, 4) is 11.3 Å². The van der Waals surface area contributed by atoms with Crippen LogP contribution in [0.25, 0.3) is 22.2 Å². The molecule has 4 heterocycles. The summed E-state index contributed by atoms with van der Waals surface area (Å²) < 4.78 is 13.5. The third-order valence-electron chi connectivity index (χ3n) is 5.31. The first-order valence-electron chi connectivity index (χ1n) is 10.1. The number of anilines is 2. The Labute approximate surface area is 178 Å². The fraction of sp³-hybridized carbons (Fsp3) is 0.174. The van der Waals surface area contributed by atoms with Gasteiger partial charge in [0.15, 0.2) is 0 Å². The summed E-state index contributed by atoms with van der Waals surface area (Å²) in [6.45, 7) is 3.00. The molecule has 1 aliphatic heterocycles. The monoisotopic (exact) mass is 416 g/mol. The Balaban J connectivity index is 1.32. The standard InChI is InChI=1S/C23H21FN6O/c24-17-1-3-20-15(9-17)11-22(29-20)16-10-19(13-26-12-16)28-18-2-4-21(27-14-18)23(31)30-7-5-25-6-8-30/h1-4,9-14,25,28-29H,5-8H2. The Kier molecular flexibility index (Phi) is 5.05. The molecule has 0 radical (unpaired) electrons. The molecule has 156 valence electrons. The van der Waals surface area contributed by atoms with Crippen LogP contribution in [-0.2, 0) is 0 Å². The molecule has 1 aromatic carbocycles. The number of H-pyrrole nitrogens is 1. The summed E-state index contributed by atoms with van der Waals surface area (Å²) in [5, 5.41) is 7.31. The fourth-order valence-corrected chi connectivity index (χ4v) is 3.71. The SMILES string of the molecule is O=C(c1ccc(Nc2cncc(-c3cc4cc(F)ccc4[nH]3)c2)cn1)N1CCNCC1. The molecule has 1 fully saturated rings. The van der Waals surface area contributed by atoms with E-state index in [0.29, 0.717) is 18.8 Å². The van der Waals surface area contributed by atoms with Crippen molar-refractivity contribution in [2.45, 2.75) is 0 Å². The van der Waals surface area contributed by atoms with Crippen LogP contribution in [0.3, 0.4) is 0 Å². The van der Waals surface area contributed by atoms with Gasteiger partial charge in [-0.1, -0.05) is 0 Å². The van der Waals surface area contributed by atoms with Crippen molar-refractivity contribution >= 4 is 28.2 Å². The maximum absolute atomic E-state index is 13.5. The number of nitrogens with zero attached hydrogens (tertiary/aromatic N) is 3. The van der Waals surface area contributed by atoms with E-state index in [0.717, 1.165) is 46.6 Å². The van der Waals surface area contributed by atoms with Gasteiger partial charge in [-0.3, -0.25) is 9.78 Å². The molecular formula is C23H21FN6O. The van der Waals surface area contributed by atoms with E-state index >= 15 is 0 Å². The summed E-state index contributed by atoms with van der Waals surface area (Å²) in [4.78, 5) is 26.3. The molecule has 31 heavy (non-hydrogen) atoms. The van der Waals surface area contributed by atoms with Gasteiger partial charge in [-0.25, -0.2) is 9.37 Å². The van der Waals surface area contributed by atoms with Crippen molar-refractivity contribution in [1.82, 2.24) is 25.2 Å². The number of aromatic amines is 1. The summed E-state index contributed by atoms with van der Waals surface area (Å²) in [6, 6.07) is 12.1. The fourth-order valence-electron chi connectivity index (χ4n) is 3.71. The van der Waals surface area contributed by atoms with Gasteiger partial charge < -0.3 is 20.5 Å².